The monoisotopic (exact) mass is 380 g/mol. The van der Waals surface area contributed by atoms with Gasteiger partial charge in [0.05, 0.1) is 12.2 Å². The number of unbranched alkanes of at least 4 members (excludes halogenated alkanes) is 3. The highest BCUT2D eigenvalue weighted by molar-refractivity contribution is 6.01. The van der Waals surface area contributed by atoms with Gasteiger partial charge in [-0.1, -0.05) is 57.4 Å². The van der Waals surface area contributed by atoms with Crippen LogP contribution in [0.4, 0.5) is 5.69 Å². The molecule has 1 aliphatic heterocycles. The summed E-state index contributed by atoms with van der Waals surface area (Å²) in [4.78, 5) is 15.2. The first-order chi connectivity index (χ1) is 13.7. The lowest BCUT2D eigenvalue weighted by atomic mass is 10.0. The van der Waals surface area contributed by atoms with E-state index in [2.05, 4.69) is 38.2 Å². The predicted octanol–water partition coefficient (Wildman–Crippen LogP) is 6.01. The highest BCUT2D eigenvalue weighted by Gasteiger charge is 2.35. The zero-order chi connectivity index (χ0) is 19.9. The van der Waals surface area contributed by atoms with Gasteiger partial charge in [0.2, 0.25) is 0 Å². The number of carbonyl (C=O) groups is 1. The van der Waals surface area contributed by atoms with Crippen molar-refractivity contribution in [1.82, 2.24) is 4.90 Å². The van der Waals surface area contributed by atoms with Gasteiger partial charge in [0.15, 0.2) is 0 Å². The average Bonchev–Trinajstić information content (AvgIpc) is 2.73. The van der Waals surface area contributed by atoms with E-state index in [0.717, 1.165) is 42.0 Å². The summed E-state index contributed by atoms with van der Waals surface area (Å²) in [7, 11) is 0. The van der Waals surface area contributed by atoms with Gasteiger partial charge in [-0.15, -0.1) is 0 Å². The third-order valence-electron chi connectivity index (χ3n) is 5.47. The Morgan fingerprint density at radius 2 is 1.89 bits per heavy atom. The molecule has 1 heterocycles. The molecular weight excluding hydrogens is 348 g/mol. The van der Waals surface area contributed by atoms with Crippen molar-refractivity contribution >= 4 is 11.6 Å². The molecule has 0 aliphatic carbocycles. The van der Waals surface area contributed by atoms with Crippen LogP contribution in [0.1, 0.15) is 75.0 Å². The molecule has 0 radical (unpaired) electrons. The number of amides is 1. The number of carbonyl (C=O) groups excluding carboxylic acids is 1. The molecule has 0 saturated carbocycles. The van der Waals surface area contributed by atoms with Crippen molar-refractivity contribution in [2.24, 2.45) is 0 Å². The van der Waals surface area contributed by atoms with Crippen molar-refractivity contribution in [3.63, 3.8) is 0 Å². The number of para-hydroxylation sites is 1. The molecule has 28 heavy (non-hydrogen) atoms. The second kappa shape index (κ2) is 9.63. The number of nitrogens with zero attached hydrogens (tertiary/aromatic N) is 1. The first-order valence-electron chi connectivity index (χ1n) is 10.6. The zero-order valence-corrected chi connectivity index (χ0v) is 17.3. The summed E-state index contributed by atoms with van der Waals surface area (Å²) >= 11 is 0. The smallest absolute Gasteiger partial charge is 0.258 e. The van der Waals surface area contributed by atoms with Crippen molar-refractivity contribution in [3.05, 3.63) is 59.7 Å². The van der Waals surface area contributed by atoms with E-state index >= 15 is 0 Å². The van der Waals surface area contributed by atoms with E-state index in [9.17, 15) is 4.79 Å². The molecule has 2 aromatic carbocycles. The number of ether oxygens (including phenoxy) is 1. The standard InChI is InChI=1S/C24H32N2O2/c1-4-6-7-10-16-28-20-13-11-12-19(17-20)23-25-22-15-9-8-14-21(22)24(27)26(23)18(3)5-2/h8-9,11-15,17-18,23,25H,4-7,10,16H2,1-3H3. The minimum absolute atomic E-state index is 0.0830. The van der Waals surface area contributed by atoms with Crippen LogP contribution in [0.2, 0.25) is 0 Å². The Balaban J connectivity index is 1.82. The molecule has 150 valence electrons. The molecule has 0 saturated heterocycles. The third-order valence-corrected chi connectivity index (χ3v) is 5.47. The fraction of sp³-hybridized carbons (Fsp3) is 0.458. The molecule has 2 atom stereocenters. The highest BCUT2D eigenvalue weighted by atomic mass is 16.5. The van der Waals surface area contributed by atoms with Gasteiger partial charge in [0.25, 0.3) is 5.91 Å². The topological polar surface area (TPSA) is 41.6 Å². The molecule has 2 unspecified atom stereocenters. The summed E-state index contributed by atoms with van der Waals surface area (Å²) in [5, 5.41) is 3.57. The van der Waals surface area contributed by atoms with Crippen LogP contribution >= 0.6 is 0 Å². The van der Waals surface area contributed by atoms with Crippen LogP contribution in [0.15, 0.2) is 48.5 Å². The predicted molar refractivity (Wildman–Crippen MR) is 115 cm³/mol. The lowest BCUT2D eigenvalue weighted by molar-refractivity contribution is 0.0593. The molecular formula is C24H32N2O2. The largest absolute Gasteiger partial charge is 0.494 e. The fourth-order valence-electron chi connectivity index (χ4n) is 3.66. The van der Waals surface area contributed by atoms with Crippen LogP contribution in [-0.2, 0) is 0 Å². The van der Waals surface area contributed by atoms with Gasteiger partial charge >= 0.3 is 0 Å². The number of benzene rings is 2. The Bertz CT molecular complexity index is 790. The quantitative estimate of drug-likeness (QED) is 0.542. The minimum Gasteiger partial charge on any atom is -0.494 e. The van der Waals surface area contributed by atoms with E-state index in [-0.39, 0.29) is 18.1 Å². The number of hydrogen-bond donors (Lipinski definition) is 1. The first-order valence-corrected chi connectivity index (χ1v) is 10.6. The van der Waals surface area contributed by atoms with Gasteiger partial charge < -0.3 is 15.0 Å². The van der Waals surface area contributed by atoms with E-state index in [1.54, 1.807) is 0 Å². The Morgan fingerprint density at radius 1 is 1.07 bits per heavy atom. The summed E-state index contributed by atoms with van der Waals surface area (Å²) in [6, 6.07) is 16.0. The third kappa shape index (κ3) is 4.49. The Morgan fingerprint density at radius 3 is 2.68 bits per heavy atom. The van der Waals surface area contributed by atoms with Crippen molar-refractivity contribution < 1.29 is 9.53 Å². The molecule has 1 N–H and O–H groups in total. The van der Waals surface area contributed by atoms with Crippen LogP contribution < -0.4 is 10.1 Å². The van der Waals surface area contributed by atoms with Crippen molar-refractivity contribution in [1.29, 1.82) is 0 Å². The number of fused-ring (bicyclic) bond motifs is 1. The van der Waals surface area contributed by atoms with Crippen LogP contribution in [0.5, 0.6) is 5.75 Å². The van der Waals surface area contributed by atoms with Gasteiger partial charge in [-0.2, -0.15) is 0 Å². The Hall–Kier alpha value is -2.49. The van der Waals surface area contributed by atoms with Crippen LogP contribution in [0.25, 0.3) is 0 Å². The van der Waals surface area contributed by atoms with Crippen molar-refractivity contribution in [2.75, 3.05) is 11.9 Å². The van der Waals surface area contributed by atoms with Gasteiger partial charge in [0, 0.05) is 11.7 Å². The molecule has 3 rings (SSSR count). The van der Waals surface area contributed by atoms with E-state index in [0.29, 0.717) is 0 Å². The number of nitrogens with one attached hydrogen (secondary N) is 1. The van der Waals surface area contributed by atoms with Crippen LogP contribution in [0, 0.1) is 0 Å². The molecule has 2 aromatic rings. The summed E-state index contributed by atoms with van der Waals surface area (Å²) in [5.41, 5.74) is 2.68. The summed E-state index contributed by atoms with van der Waals surface area (Å²) in [6.07, 6.45) is 5.46. The average molecular weight is 381 g/mol. The lowest BCUT2D eigenvalue weighted by Crippen LogP contribution is -2.47. The molecule has 4 heteroatoms. The fourth-order valence-corrected chi connectivity index (χ4v) is 3.66. The molecule has 1 amide bonds. The number of anilines is 1. The van der Waals surface area contributed by atoms with Crippen molar-refractivity contribution in [3.8, 4) is 5.75 Å². The molecule has 0 aromatic heterocycles. The maximum Gasteiger partial charge on any atom is 0.258 e. The van der Waals surface area contributed by atoms with Gasteiger partial charge in [-0.25, -0.2) is 0 Å². The minimum atomic E-state index is -0.194. The highest BCUT2D eigenvalue weighted by Crippen LogP contribution is 2.35. The van der Waals surface area contributed by atoms with Gasteiger partial charge in [0.1, 0.15) is 11.9 Å². The van der Waals surface area contributed by atoms with Gasteiger partial charge in [-0.05, 0) is 49.6 Å². The normalized spacial score (nSPS) is 17.0. The maximum absolute atomic E-state index is 13.2. The molecule has 0 bridgehead atoms. The van der Waals surface area contributed by atoms with E-state index in [4.69, 9.17) is 4.74 Å². The SMILES string of the molecule is CCCCCCOc1cccc(C2Nc3ccccc3C(=O)N2C(C)CC)c1. The first kappa shape index (κ1) is 20.2. The lowest BCUT2D eigenvalue weighted by Gasteiger charge is -2.41. The maximum atomic E-state index is 13.2. The van der Waals surface area contributed by atoms with Crippen LogP contribution in [0.3, 0.4) is 0 Å². The summed E-state index contributed by atoms with van der Waals surface area (Å²) < 4.78 is 5.97. The second-order valence-electron chi connectivity index (χ2n) is 7.54. The molecule has 1 aliphatic rings. The van der Waals surface area contributed by atoms with E-state index in [1.807, 2.05) is 41.3 Å². The zero-order valence-electron chi connectivity index (χ0n) is 17.3. The van der Waals surface area contributed by atoms with Crippen LogP contribution in [-0.4, -0.2) is 23.5 Å². The number of hydrogen-bond acceptors (Lipinski definition) is 3. The summed E-state index contributed by atoms with van der Waals surface area (Å²) in [5.74, 6) is 0.950. The van der Waals surface area contributed by atoms with E-state index in [1.165, 1.54) is 19.3 Å². The van der Waals surface area contributed by atoms with E-state index < -0.39 is 0 Å². The molecule has 4 nitrogen and oxygen atoms in total. The van der Waals surface area contributed by atoms with Crippen molar-refractivity contribution in [2.45, 2.75) is 65.1 Å². The summed E-state index contributed by atoms with van der Waals surface area (Å²) in [6.45, 7) is 7.17. The number of rotatable bonds is 9. The second-order valence-corrected chi connectivity index (χ2v) is 7.54. The Labute approximate surface area is 168 Å². The molecule has 0 spiro atoms. The van der Waals surface area contributed by atoms with Gasteiger partial charge in [-0.3, -0.25) is 4.79 Å². The Kier molecular flexibility index (Phi) is 6.96. The molecule has 0 fully saturated rings.